The first-order valence-corrected chi connectivity index (χ1v) is 6.49. The molecule has 1 aromatic carbocycles. The number of carbonyl (C=O) groups excluding carboxylic acids is 2. The third-order valence-corrected chi connectivity index (χ3v) is 3.36. The number of rotatable bonds is 5. The SMILES string of the molecule is CON(C)C(=O)C1CN(C(=O)COc2ccccc2F)C1. The number of para-hydroxylation sites is 1. The lowest BCUT2D eigenvalue weighted by Gasteiger charge is -2.39. The van der Waals surface area contributed by atoms with Crippen molar-refractivity contribution in [1.82, 2.24) is 9.96 Å². The summed E-state index contributed by atoms with van der Waals surface area (Å²) >= 11 is 0. The maximum Gasteiger partial charge on any atom is 0.260 e. The van der Waals surface area contributed by atoms with Gasteiger partial charge in [0.25, 0.3) is 11.8 Å². The van der Waals surface area contributed by atoms with Gasteiger partial charge in [0.05, 0.1) is 13.0 Å². The van der Waals surface area contributed by atoms with Gasteiger partial charge in [-0.2, -0.15) is 0 Å². The molecule has 1 aliphatic rings. The summed E-state index contributed by atoms with van der Waals surface area (Å²) in [5.74, 6) is -1.17. The van der Waals surface area contributed by atoms with E-state index in [1.165, 1.54) is 31.2 Å². The summed E-state index contributed by atoms with van der Waals surface area (Å²) in [6, 6.07) is 5.89. The molecule has 21 heavy (non-hydrogen) atoms. The van der Waals surface area contributed by atoms with E-state index in [2.05, 4.69) is 0 Å². The van der Waals surface area contributed by atoms with Gasteiger partial charge in [-0.15, -0.1) is 0 Å². The molecule has 7 heteroatoms. The molecule has 2 amide bonds. The molecule has 0 bridgehead atoms. The van der Waals surface area contributed by atoms with Crippen LogP contribution in [0.2, 0.25) is 0 Å². The number of hydrogen-bond donors (Lipinski definition) is 0. The first-order chi connectivity index (χ1) is 10.0. The Morgan fingerprint density at radius 2 is 2.05 bits per heavy atom. The summed E-state index contributed by atoms with van der Waals surface area (Å²) in [5, 5.41) is 1.14. The highest BCUT2D eigenvalue weighted by molar-refractivity contribution is 5.84. The van der Waals surface area contributed by atoms with Crippen LogP contribution in [0.15, 0.2) is 24.3 Å². The maximum atomic E-state index is 13.3. The van der Waals surface area contributed by atoms with Crippen molar-refractivity contribution in [3.05, 3.63) is 30.1 Å². The molecular weight excluding hydrogens is 279 g/mol. The molecule has 2 rings (SSSR count). The molecule has 0 unspecified atom stereocenters. The average molecular weight is 296 g/mol. The fourth-order valence-corrected chi connectivity index (χ4v) is 1.98. The van der Waals surface area contributed by atoms with Crippen molar-refractivity contribution in [2.45, 2.75) is 0 Å². The van der Waals surface area contributed by atoms with Gasteiger partial charge in [0.1, 0.15) is 0 Å². The highest BCUT2D eigenvalue weighted by atomic mass is 19.1. The lowest BCUT2D eigenvalue weighted by atomic mass is 9.99. The fraction of sp³-hybridized carbons (Fsp3) is 0.429. The number of likely N-dealkylation sites (tertiary alicyclic amines) is 1. The van der Waals surface area contributed by atoms with Gasteiger partial charge in [-0.25, -0.2) is 9.45 Å². The van der Waals surface area contributed by atoms with Gasteiger partial charge >= 0.3 is 0 Å². The van der Waals surface area contributed by atoms with Crippen molar-refractivity contribution in [2.24, 2.45) is 5.92 Å². The largest absolute Gasteiger partial charge is 0.481 e. The van der Waals surface area contributed by atoms with Gasteiger partial charge in [-0.3, -0.25) is 14.4 Å². The van der Waals surface area contributed by atoms with E-state index >= 15 is 0 Å². The zero-order valence-corrected chi connectivity index (χ0v) is 11.9. The van der Waals surface area contributed by atoms with E-state index in [9.17, 15) is 14.0 Å². The Hall–Kier alpha value is -2.15. The van der Waals surface area contributed by atoms with Crippen molar-refractivity contribution in [1.29, 1.82) is 0 Å². The zero-order chi connectivity index (χ0) is 15.4. The van der Waals surface area contributed by atoms with Gasteiger partial charge in [0.2, 0.25) is 0 Å². The van der Waals surface area contributed by atoms with Gasteiger partial charge < -0.3 is 9.64 Å². The molecule has 114 valence electrons. The fourth-order valence-electron chi connectivity index (χ4n) is 1.98. The quantitative estimate of drug-likeness (QED) is 0.750. The molecule has 6 nitrogen and oxygen atoms in total. The minimum atomic E-state index is -0.510. The van der Waals surface area contributed by atoms with Crippen molar-refractivity contribution in [3.63, 3.8) is 0 Å². The van der Waals surface area contributed by atoms with E-state index in [0.717, 1.165) is 5.06 Å². The molecule has 0 saturated carbocycles. The molecule has 0 aromatic heterocycles. The number of benzene rings is 1. The number of ether oxygens (including phenoxy) is 1. The summed E-state index contributed by atoms with van der Waals surface area (Å²) in [7, 11) is 2.93. The molecule has 1 saturated heterocycles. The third kappa shape index (κ3) is 3.49. The second kappa shape index (κ2) is 6.53. The second-order valence-electron chi connectivity index (χ2n) is 4.73. The number of nitrogens with zero attached hydrogens (tertiary/aromatic N) is 2. The molecule has 1 heterocycles. The topological polar surface area (TPSA) is 59.1 Å². The van der Waals surface area contributed by atoms with Crippen LogP contribution in [0.1, 0.15) is 0 Å². The molecular formula is C14H17FN2O4. The van der Waals surface area contributed by atoms with Crippen LogP contribution >= 0.6 is 0 Å². The predicted octanol–water partition coefficient (Wildman–Crippen LogP) is 0.683. The van der Waals surface area contributed by atoms with Crippen LogP contribution < -0.4 is 4.74 Å². The Morgan fingerprint density at radius 1 is 1.38 bits per heavy atom. The molecule has 0 spiro atoms. The second-order valence-corrected chi connectivity index (χ2v) is 4.73. The van der Waals surface area contributed by atoms with Crippen LogP contribution in [0, 0.1) is 11.7 Å². The Bertz CT molecular complexity index is 531. The van der Waals surface area contributed by atoms with Crippen LogP contribution in [-0.2, 0) is 14.4 Å². The van der Waals surface area contributed by atoms with Crippen LogP contribution in [0.5, 0.6) is 5.75 Å². The van der Waals surface area contributed by atoms with Gasteiger partial charge in [-0.1, -0.05) is 12.1 Å². The number of hydroxylamine groups is 2. The summed E-state index contributed by atoms with van der Waals surface area (Å²) in [6.45, 7) is 0.403. The first-order valence-electron chi connectivity index (χ1n) is 6.49. The normalized spacial score (nSPS) is 14.5. The van der Waals surface area contributed by atoms with E-state index in [0.29, 0.717) is 13.1 Å². The number of amides is 2. The van der Waals surface area contributed by atoms with Gasteiger partial charge in [0.15, 0.2) is 18.2 Å². The Morgan fingerprint density at radius 3 is 2.67 bits per heavy atom. The van der Waals surface area contributed by atoms with E-state index in [-0.39, 0.29) is 30.1 Å². The highest BCUT2D eigenvalue weighted by Crippen LogP contribution is 2.19. The van der Waals surface area contributed by atoms with Crippen molar-refractivity contribution in [3.8, 4) is 5.75 Å². The van der Waals surface area contributed by atoms with Crippen LogP contribution in [0.4, 0.5) is 4.39 Å². The Balaban J connectivity index is 1.77. The number of carbonyl (C=O) groups is 2. The lowest BCUT2D eigenvalue weighted by molar-refractivity contribution is -0.179. The van der Waals surface area contributed by atoms with Gasteiger partial charge in [-0.05, 0) is 12.1 Å². The van der Waals surface area contributed by atoms with Crippen molar-refractivity contribution >= 4 is 11.8 Å². The summed E-state index contributed by atoms with van der Waals surface area (Å²) < 4.78 is 18.5. The summed E-state index contributed by atoms with van der Waals surface area (Å²) in [5.41, 5.74) is 0. The highest BCUT2D eigenvalue weighted by Gasteiger charge is 2.37. The summed E-state index contributed by atoms with van der Waals surface area (Å²) in [6.07, 6.45) is 0. The Kier molecular flexibility index (Phi) is 4.74. The Labute approximate surface area is 122 Å². The smallest absolute Gasteiger partial charge is 0.260 e. The molecule has 1 aromatic rings. The zero-order valence-electron chi connectivity index (χ0n) is 11.9. The predicted molar refractivity (Wildman–Crippen MR) is 71.7 cm³/mol. The lowest BCUT2D eigenvalue weighted by Crippen LogP contribution is -2.56. The van der Waals surface area contributed by atoms with Crippen LogP contribution in [0.3, 0.4) is 0 Å². The monoisotopic (exact) mass is 296 g/mol. The van der Waals surface area contributed by atoms with E-state index in [1.807, 2.05) is 0 Å². The van der Waals surface area contributed by atoms with E-state index in [4.69, 9.17) is 9.57 Å². The molecule has 0 atom stereocenters. The standard InChI is InChI=1S/C14H17FN2O4/c1-16(20-2)14(19)10-7-17(8-10)13(18)9-21-12-6-4-3-5-11(12)15/h3-6,10H,7-9H2,1-2H3. The number of halogens is 1. The molecule has 1 fully saturated rings. The minimum absolute atomic E-state index is 0.0399. The molecule has 0 radical (unpaired) electrons. The molecule has 0 N–H and O–H groups in total. The third-order valence-electron chi connectivity index (χ3n) is 3.36. The maximum absolute atomic E-state index is 13.3. The first kappa shape index (κ1) is 15.2. The van der Waals surface area contributed by atoms with Crippen molar-refractivity contribution < 1.29 is 23.6 Å². The minimum Gasteiger partial charge on any atom is -0.481 e. The van der Waals surface area contributed by atoms with Crippen molar-refractivity contribution in [2.75, 3.05) is 33.9 Å². The van der Waals surface area contributed by atoms with E-state index in [1.54, 1.807) is 12.1 Å². The van der Waals surface area contributed by atoms with Crippen LogP contribution in [0.25, 0.3) is 0 Å². The van der Waals surface area contributed by atoms with Gasteiger partial charge in [0, 0.05) is 20.1 Å². The molecule has 0 aliphatic carbocycles. The number of hydrogen-bond acceptors (Lipinski definition) is 4. The molecule has 1 aliphatic heterocycles. The van der Waals surface area contributed by atoms with Crippen LogP contribution in [-0.4, -0.2) is 55.6 Å². The summed E-state index contributed by atoms with van der Waals surface area (Å²) in [4.78, 5) is 29.9. The van der Waals surface area contributed by atoms with E-state index < -0.39 is 5.82 Å². The average Bonchev–Trinajstić information content (AvgIpc) is 2.43.